The van der Waals surface area contributed by atoms with Gasteiger partial charge in [0, 0.05) is 18.3 Å². The van der Waals surface area contributed by atoms with Crippen LogP contribution in [0, 0.1) is 5.92 Å². The van der Waals surface area contributed by atoms with E-state index in [1.54, 1.807) is 0 Å². The molecule has 1 aliphatic rings. The minimum atomic E-state index is 0.308. The Balaban J connectivity index is 2.29. The van der Waals surface area contributed by atoms with Crippen molar-refractivity contribution in [1.29, 1.82) is 0 Å². The lowest BCUT2D eigenvalue weighted by Crippen LogP contribution is -2.14. The Labute approximate surface area is 91.1 Å². The van der Waals surface area contributed by atoms with E-state index in [2.05, 4.69) is 23.6 Å². The summed E-state index contributed by atoms with van der Waals surface area (Å²) in [5.74, 6) is 0.431. The number of aromatic nitrogens is 2. The topological polar surface area (TPSA) is 38.0 Å². The summed E-state index contributed by atoms with van der Waals surface area (Å²) in [6, 6.07) is 0.422. The minimum absolute atomic E-state index is 0.308. The van der Waals surface area contributed by atoms with Crippen LogP contribution in [0.5, 0.6) is 0 Å². The summed E-state index contributed by atoms with van der Waals surface area (Å²) in [6.07, 6.45) is 6.45. The Kier molecular flexibility index (Phi) is 3.10. The van der Waals surface area contributed by atoms with Crippen molar-refractivity contribution in [1.82, 2.24) is 9.78 Å². The van der Waals surface area contributed by atoms with Crippen LogP contribution in [0.1, 0.15) is 44.0 Å². The quantitative estimate of drug-likeness (QED) is 0.754. The molecule has 0 amide bonds. The van der Waals surface area contributed by atoms with E-state index < -0.39 is 0 Å². The molecule has 3 heteroatoms. The first-order chi connectivity index (χ1) is 7.22. The molecule has 0 saturated carbocycles. The second kappa shape index (κ2) is 4.35. The highest BCUT2D eigenvalue weighted by Crippen LogP contribution is 2.25. The first-order valence-corrected chi connectivity index (χ1v) is 5.88. The Morgan fingerprint density at radius 3 is 3.07 bits per heavy atom. The predicted octanol–water partition coefficient (Wildman–Crippen LogP) is 1.95. The van der Waals surface area contributed by atoms with Crippen molar-refractivity contribution in [2.75, 3.05) is 6.61 Å². The Hall–Kier alpha value is -0.830. The Bertz CT molecular complexity index is 330. The summed E-state index contributed by atoms with van der Waals surface area (Å²) in [4.78, 5) is 0. The number of hydrogen-bond acceptors (Lipinski definition) is 2. The van der Waals surface area contributed by atoms with Gasteiger partial charge in [-0.05, 0) is 51.0 Å². The number of fused-ring (bicyclic) bond motifs is 1. The molecular weight excluding hydrogens is 188 g/mol. The van der Waals surface area contributed by atoms with Gasteiger partial charge in [-0.25, -0.2) is 0 Å². The maximum absolute atomic E-state index is 9.28. The number of hydrogen-bond donors (Lipinski definition) is 1. The van der Waals surface area contributed by atoms with E-state index in [4.69, 9.17) is 0 Å². The fourth-order valence-electron chi connectivity index (χ4n) is 2.41. The molecule has 2 rings (SSSR count). The molecule has 1 atom stereocenters. The Morgan fingerprint density at radius 2 is 2.40 bits per heavy atom. The first kappa shape index (κ1) is 10.7. The molecule has 0 aliphatic heterocycles. The molecule has 0 fully saturated rings. The molecule has 0 radical (unpaired) electrons. The van der Waals surface area contributed by atoms with Crippen LogP contribution in [0.4, 0.5) is 0 Å². The van der Waals surface area contributed by atoms with E-state index in [1.807, 2.05) is 6.20 Å². The molecule has 3 nitrogen and oxygen atoms in total. The molecule has 1 heterocycles. The van der Waals surface area contributed by atoms with E-state index in [1.165, 1.54) is 17.7 Å². The number of rotatable bonds is 2. The summed E-state index contributed by atoms with van der Waals surface area (Å²) in [5, 5.41) is 13.7. The summed E-state index contributed by atoms with van der Waals surface area (Å²) < 4.78 is 2.11. The van der Waals surface area contributed by atoms with Gasteiger partial charge in [-0.15, -0.1) is 0 Å². The smallest absolute Gasteiger partial charge is 0.0524 e. The van der Waals surface area contributed by atoms with Crippen LogP contribution < -0.4 is 0 Å². The van der Waals surface area contributed by atoms with Crippen molar-refractivity contribution in [2.24, 2.45) is 5.92 Å². The van der Waals surface area contributed by atoms with Gasteiger partial charge in [-0.2, -0.15) is 5.10 Å². The van der Waals surface area contributed by atoms with E-state index >= 15 is 0 Å². The molecule has 0 unspecified atom stereocenters. The SMILES string of the molecule is CC(C)n1ncc2c1C[C@H](CO)CCC2. The minimum Gasteiger partial charge on any atom is -0.396 e. The lowest BCUT2D eigenvalue weighted by Gasteiger charge is -2.15. The molecule has 0 aromatic carbocycles. The van der Waals surface area contributed by atoms with Crippen molar-refractivity contribution in [3.8, 4) is 0 Å². The summed E-state index contributed by atoms with van der Waals surface area (Å²) in [5.41, 5.74) is 2.74. The molecule has 15 heavy (non-hydrogen) atoms. The second-order valence-electron chi connectivity index (χ2n) is 4.80. The maximum Gasteiger partial charge on any atom is 0.0524 e. The number of aryl methyl sites for hydroxylation is 1. The zero-order valence-corrected chi connectivity index (χ0v) is 9.61. The zero-order chi connectivity index (χ0) is 10.8. The van der Waals surface area contributed by atoms with Gasteiger partial charge in [-0.3, -0.25) is 4.68 Å². The molecule has 1 aromatic rings. The molecule has 1 aromatic heterocycles. The van der Waals surface area contributed by atoms with E-state index in [9.17, 15) is 5.11 Å². The zero-order valence-electron chi connectivity index (χ0n) is 9.61. The van der Waals surface area contributed by atoms with Crippen molar-refractivity contribution < 1.29 is 5.11 Å². The van der Waals surface area contributed by atoms with Crippen LogP contribution in [0.15, 0.2) is 6.20 Å². The van der Waals surface area contributed by atoms with Crippen LogP contribution in [0.25, 0.3) is 0 Å². The van der Waals surface area contributed by atoms with Gasteiger partial charge in [-0.1, -0.05) is 0 Å². The van der Waals surface area contributed by atoms with E-state index in [0.29, 0.717) is 18.6 Å². The van der Waals surface area contributed by atoms with Crippen LogP contribution in [0.3, 0.4) is 0 Å². The van der Waals surface area contributed by atoms with Crippen LogP contribution in [-0.2, 0) is 12.8 Å². The van der Waals surface area contributed by atoms with Crippen molar-refractivity contribution in [3.05, 3.63) is 17.5 Å². The predicted molar refractivity (Wildman–Crippen MR) is 59.8 cm³/mol. The second-order valence-corrected chi connectivity index (χ2v) is 4.80. The lowest BCUT2D eigenvalue weighted by atomic mass is 10.0. The molecule has 0 bridgehead atoms. The molecule has 1 N–H and O–H groups in total. The summed E-state index contributed by atoms with van der Waals surface area (Å²) in [7, 11) is 0. The molecular formula is C12H20N2O. The highest BCUT2D eigenvalue weighted by atomic mass is 16.3. The first-order valence-electron chi connectivity index (χ1n) is 5.88. The Morgan fingerprint density at radius 1 is 1.60 bits per heavy atom. The fraction of sp³-hybridized carbons (Fsp3) is 0.750. The monoisotopic (exact) mass is 208 g/mol. The van der Waals surface area contributed by atoms with Crippen LogP contribution in [0.2, 0.25) is 0 Å². The van der Waals surface area contributed by atoms with Gasteiger partial charge in [0.2, 0.25) is 0 Å². The molecule has 1 aliphatic carbocycles. The highest BCUT2D eigenvalue weighted by molar-refractivity contribution is 5.20. The van der Waals surface area contributed by atoms with Gasteiger partial charge in [0.1, 0.15) is 0 Å². The lowest BCUT2D eigenvalue weighted by molar-refractivity contribution is 0.215. The average Bonchev–Trinajstić information content (AvgIpc) is 2.49. The van der Waals surface area contributed by atoms with Gasteiger partial charge < -0.3 is 5.11 Å². The number of aliphatic hydroxyl groups is 1. The fourth-order valence-corrected chi connectivity index (χ4v) is 2.41. The molecule has 0 saturated heterocycles. The van der Waals surface area contributed by atoms with Crippen molar-refractivity contribution in [2.45, 2.75) is 45.6 Å². The third-order valence-corrected chi connectivity index (χ3v) is 3.27. The largest absolute Gasteiger partial charge is 0.396 e. The van der Waals surface area contributed by atoms with Gasteiger partial charge in [0.25, 0.3) is 0 Å². The highest BCUT2D eigenvalue weighted by Gasteiger charge is 2.20. The molecule has 0 spiro atoms. The van der Waals surface area contributed by atoms with E-state index in [0.717, 1.165) is 19.3 Å². The standard InChI is InChI=1S/C12H20N2O/c1-9(2)14-12-6-10(8-15)4-3-5-11(12)7-13-14/h7,9-10,15H,3-6,8H2,1-2H3/t10-/m1/s1. The van der Waals surface area contributed by atoms with Crippen LogP contribution >= 0.6 is 0 Å². The third kappa shape index (κ3) is 2.07. The average molecular weight is 208 g/mol. The van der Waals surface area contributed by atoms with Gasteiger partial charge in [0.05, 0.1) is 6.20 Å². The summed E-state index contributed by atoms with van der Waals surface area (Å²) in [6.45, 7) is 4.63. The third-order valence-electron chi connectivity index (χ3n) is 3.27. The normalized spacial score (nSPS) is 21.5. The summed E-state index contributed by atoms with van der Waals surface area (Å²) >= 11 is 0. The van der Waals surface area contributed by atoms with E-state index in [-0.39, 0.29) is 0 Å². The number of aliphatic hydroxyl groups excluding tert-OH is 1. The maximum atomic E-state index is 9.28. The van der Waals surface area contributed by atoms with Gasteiger partial charge in [0.15, 0.2) is 0 Å². The van der Waals surface area contributed by atoms with Gasteiger partial charge >= 0.3 is 0 Å². The van der Waals surface area contributed by atoms with Crippen molar-refractivity contribution in [3.63, 3.8) is 0 Å². The molecule has 84 valence electrons. The number of nitrogens with zero attached hydrogens (tertiary/aromatic N) is 2. The van der Waals surface area contributed by atoms with Crippen molar-refractivity contribution >= 4 is 0 Å². The van der Waals surface area contributed by atoms with Crippen LogP contribution in [-0.4, -0.2) is 21.5 Å².